The minimum atomic E-state index is 0. The quantitative estimate of drug-likeness (QED) is 0.573. The number of hydrogen-bond acceptors (Lipinski definition) is 5. The normalized spacial score (nSPS) is 21.5. The molecule has 3 aromatic rings. The van der Waals surface area contributed by atoms with Crippen molar-refractivity contribution >= 4 is 30.7 Å². The minimum absolute atomic E-state index is 0. The highest BCUT2D eigenvalue weighted by Gasteiger charge is 2.40. The second kappa shape index (κ2) is 10.9. The van der Waals surface area contributed by atoms with Crippen LogP contribution < -0.4 is 5.32 Å². The third kappa shape index (κ3) is 4.96. The largest absolute Gasteiger partial charge is 0.333 e. The number of hydrogen-bond donors (Lipinski definition) is 2. The van der Waals surface area contributed by atoms with Crippen molar-refractivity contribution in [3.63, 3.8) is 0 Å². The number of carbonyl (C=O) groups excluding carboxylic acids is 1. The highest BCUT2D eigenvalue weighted by molar-refractivity contribution is 5.94. The molecule has 2 fully saturated rings. The van der Waals surface area contributed by atoms with Crippen molar-refractivity contribution in [1.82, 2.24) is 30.3 Å². The SMILES string of the molecule is Cl.Cl.O=C(c1ccccc1)N1CC(CNCc2cn[nH]c2-c2cccnc2)N2CCC1C2. The zero-order valence-corrected chi connectivity index (χ0v) is 19.3. The van der Waals surface area contributed by atoms with E-state index in [0.29, 0.717) is 12.1 Å². The molecule has 2 bridgehead atoms. The number of H-pyrrole nitrogens is 1. The Morgan fingerprint density at radius 3 is 2.72 bits per heavy atom. The molecular weight excluding hydrogens is 447 g/mol. The van der Waals surface area contributed by atoms with Crippen LogP contribution in [-0.4, -0.2) is 69.2 Å². The number of nitrogens with one attached hydrogen (secondary N) is 2. The first-order valence-corrected chi connectivity index (χ1v) is 10.5. The Bertz CT molecular complexity index is 1000. The molecule has 9 heteroatoms. The lowest BCUT2D eigenvalue weighted by atomic mass is 10.1. The van der Waals surface area contributed by atoms with Crippen molar-refractivity contribution in [1.29, 1.82) is 0 Å². The van der Waals surface area contributed by atoms with Crippen LogP contribution in [0.3, 0.4) is 0 Å². The number of pyridine rings is 1. The van der Waals surface area contributed by atoms with Gasteiger partial charge in [-0.25, -0.2) is 0 Å². The molecule has 1 amide bonds. The van der Waals surface area contributed by atoms with Crippen LogP contribution in [0.5, 0.6) is 0 Å². The van der Waals surface area contributed by atoms with Crippen molar-refractivity contribution < 1.29 is 4.79 Å². The second-order valence-corrected chi connectivity index (χ2v) is 8.06. The number of aromatic amines is 1. The third-order valence-electron chi connectivity index (χ3n) is 6.20. The summed E-state index contributed by atoms with van der Waals surface area (Å²) in [6.07, 6.45) is 6.54. The van der Waals surface area contributed by atoms with E-state index >= 15 is 0 Å². The molecule has 2 saturated heterocycles. The molecule has 0 aliphatic carbocycles. The molecule has 7 nitrogen and oxygen atoms in total. The zero-order chi connectivity index (χ0) is 20.3. The van der Waals surface area contributed by atoms with E-state index in [4.69, 9.17) is 0 Å². The van der Waals surface area contributed by atoms with E-state index in [1.807, 2.05) is 54.9 Å². The van der Waals surface area contributed by atoms with Crippen molar-refractivity contribution in [2.45, 2.75) is 25.0 Å². The van der Waals surface area contributed by atoms with E-state index in [0.717, 1.165) is 61.5 Å². The maximum Gasteiger partial charge on any atom is 0.254 e. The van der Waals surface area contributed by atoms with E-state index in [9.17, 15) is 4.79 Å². The number of rotatable bonds is 6. The Kier molecular flexibility index (Phi) is 8.26. The third-order valence-corrected chi connectivity index (χ3v) is 6.20. The molecule has 0 spiro atoms. The first-order valence-electron chi connectivity index (χ1n) is 10.5. The topological polar surface area (TPSA) is 77.1 Å². The molecule has 0 saturated carbocycles. The van der Waals surface area contributed by atoms with Crippen LogP contribution in [0.25, 0.3) is 11.3 Å². The maximum absolute atomic E-state index is 13.1. The van der Waals surface area contributed by atoms with Gasteiger partial charge in [-0.05, 0) is 30.7 Å². The van der Waals surface area contributed by atoms with Crippen LogP contribution >= 0.6 is 24.8 Å². The molecular formula is C23H28Cl2N6O. The van der Waals surface area contributed by atoms with E-state index < -0.39 is 0 Å². The van der Waals surface area contributed by atoms with E-state index in [-0.39, 0.29) is 30.7 Å². The van der Waals surface area contributed by atoms with Crippen molar-refractivity contribution in [2.24, 2.45) is 0 Å². The van der Waals surface area contributed by atoms with Gasteiger partial charge in [-0.2, -0.15) is 5.10 Å². The summed E-state index contributed by atoms with van der Waals surface area (Å²) in [7, 11) is 0. The fourth-order valence-corrected chi connectivity index (χ4v) is 4.61. The zero-order valence-electron chi connectivity index (χ0n) is 17.7. The van der Waals surface area contributed by atoms with Crippen LogP contribution in [0.15, 0.2) is 61.1 Å². The monoisotopic (exact) mass is 474 g/mol. The summed E-state index contributed by atoms with van der Waals surface area (Å²) in [4.78, 5) is 21.9. The van der Waals surface area contributed by atoms with Gasteiger partial charge in [0.15, 0.2) is 0 Å². The molecule has 1 aromatic carbocycles. The van der Waals surface area contributed by atoms with Crippen LogP contribution in [0.2, 0.25) is 0 Å². The number of halogens is 2. The second-order valence-electron chi connectivity index (χ2n) is 8.06. The highest BCUT2D eigenvalue weighted by Crippen LogP contribution is 2.26. The van der Waals surface area contributed by atoms with Gasteiger partial charge >= 0.3 is 0 Å². The summed E-state index contributed by atoms with van der Waals surface area (Å²) in [5.74, 6) is 0.154. The predicted molar refractivity (Wildman–Crippen MR) is 129 cm³/mol. The Labute approximate surface area is 200 Å². The fourth-order valence-electron chi connectivity index (χ4n) is 4.61. The fraction of sp³-hybridized carbons (Fsp3) is 0.348. The minimum Gasteiger partial charge on any atom is -0.333 e. The van der Waals surface area contributed by atoms with Gasteiger partial charge in [0.1, 0.15) is 0 Å². The Balaban J connectivity index is 0.00000144. The number of carbonyl (C=O) groups is 1. The summed E-state index contributed by atoms with van der Waals surface area (Å²) < 4.78 is 0. The average Bonchev–Trinajstić information content (AvgIpc) is 3.44. The van der Waals surface area contributed by atoms with Crippen LogP contribution in [0.1, 0.15) is 22.3 Å². The van der Waals surface area contributed by atoms with Gasteiger partial charge < -0.3 is 10.2 Å². The van der Waals surface area contributed by atoms with Gasteiger partial charge in [0.05, 0.1) is 11.9 Å². The Morgan fingerprint density at radius 1 is 1.09 bits per heavy atom. The van der Waals surface area contributed by atoms with Crippen LogP contribution in [0, 0.1) is 0 Å². The van der Waals surface area contributed by atoms with Crippen LogP contribution in [0.4, 0.5) is 0 Å². The Morgan fingerprint density at radius 2 is 1.94 bits per heavy atom. The smallest absolute Gasteiger partial charge is 0.254 e. The van der Waals surface area contributed by atoms with Gasteiger partial charge in [-0.15, -0.1) is 24.8 Å². The first kappa shape index (κ1) is 24.2. The number of piperazine rings is 1. The molecule has 0 radical (unpaired) electrons. The Hall–Kier alpha value is -2.45. The lowest BCUT2D eigenvalue weighted by Gasteiger charge is -2.40. The predicted octanol–water partition coefficient (Wildman–Crippen LogP) is 3.00. The van der Waals surface area contributed by atoms with Crippen LogP contribution in [-0.2, 0) is 6.54 Å². The number of fused-ring (bicyclic) bond motifs is 2. The number of aromatic nitrogens is 3. The molecule has 2 aromatic heterocycles. The summed E-state index contributed by atoms with van der Waals surface area (Å²) >= 11 is 0. The summed E-state index contributed by atoms with van der Waals surface area (Å²) in [5, 5.41) is 10.9. The van der Waals surface area contributed by atoms with Crippen molar-refractivity contribution in [3.05, 3.63) is 72.2 Å². The highest BCUT2D eigenvalue weighted by atomic mass is 35.5. The number of amides is 1. The number of nitrogens with zero attached hydrogens (tertiary/aromatic N) is 4. The molecule has 4 heterocycles. The molecule has 2 N–H and O–H groups in total. The summed E-state index contributed by atoms with van der Waals surface area (Å²) in [6, 6.07) is 14.3. The average molecular weight is 475 g/mol. The maximum atomic E-state index is 13.1. The molecule has 5 rings (SSSR count). The number of benzene rings is 1. The van der Waals surface area contributed by atoms with Gasteiger partial charge in [0.25, 0.3) is 5.91 Å². The van der Waals surface area contributed by atoms with E-state index in [2.05, 4.69) is 30.3 Å². The molecule has 2 aliphatic heterocycles. The summed E-state index contributed by atoms with van der Waals surface area (Å²) in [6.45, 7) is 4.36. The van der Waals surface area contributed by atoms with E-state index in [1.54, 1.807) is 6.20 Å². The lowest BCUT2D eigenvalue weighted by molar-refractivity contribution is 0.0495. The van der Waals surface area contributed by atoms with Crippen molar-refractivity contribution in [2.75, 3.05) is 26.2 Å². The molecule has 170 valence electrons. The molecule has 3 unspecified atom stereocenters. The van der Waals surface area contributed by atoms with Crippen molar-refractivity contribution in [3.8, 4) is 11.3 Å². The van der Waals surface area contributed by atoms with Gasteiger partial charge in [-0.1, -0.05) is 18.2 Å². The van der Waals surface area contributed by atoms with E-state index in [1.165, 1.54) is 0 Å². The van der Waals surface area contributed by atoms with Gasteiger partial charge in [0, 0.05) is 73.9 Å². The molecule has 32 heavy (non-hydrogen) atoms. The summed E-state index contributed by atoms with van der Waals surface area (Å²) in [5.41, 5.74) is 3.94. The molecule has 2 aliphatic rings. The molecule has 3 atom stereocenters. The first-order chi connectivity index (χ1) is 14.8. The van der Waals surface area contributed by atoms with Gasteiger partial charge in [0.2, 0.25) is 0 Å². The standard InChI is InChI=1S/C23H26N6O.2ClH/c30-23(17-5-2-1-3-6-17)29-16-21(28-10-8-20(29)15-28)14-25-12-19-13-26-27-22(19)18-7-4-9-24-11-18;;/h1-7,9,11,13,20-21,25H,8,10,12,14-16H2,(H,26,27);2*1H. The van der Waals surface area contributed by atoms with Gasteiger partial charge in [-0.3, -0.25) is 19.8 Å². The lowest BCUT2D eigenvalue weighted by Crippen LogP contribution is -2.57.